The molecule has 0 saturated heterocycles. The zero-order chi connectivity index (χ0) is 16.3. The molecule has 3 aromatic carbocycles. The van der Waals surface area contributed by atoms with Gasteiger partial charge >= 0.3 is 14.5 Å². The van der Waals surface area contributed by atoms with Crippen molar-refractivity contribution in [3.8, 4) is 0 Å². The third-order valence-electron chi connectivity index (χ3n) is 3.41. The van der Waals surface area contributed by atoms with Crippen molar-refractivity contribution in [1.29, 1.82) is 0 Å². The Balaban J connectivity index is 0.00000128. The van der Waals surface area contributed by atoms with Gasteiger partial charge in [0.1, 0.15) is 0 Å². The van der Waals surface area contributed by atoms with E-state index in [0.29, 0.717) is 5.39 Å². The van der Waals surface area contributed by atoms with E-state index in [0.717, 1.165) is 16.8 Å². The van der Waals surface area contributed by atoms with Crippen LogP contribution in [-0.2, 0) is 0 Å². The Morgan fingerprint density at radius 2 is 1.21 bits per heavy atom. The molecule has 0 bridgehead atoms. The Morgan fingerprint density at radius 1 is 0.667 bits per heavy atom. The summed E-state index contributed by atoms with van der Waals surface area (Å²) in [7, 11) is -5.83. The molecule has 0 aliphatic rings. The van der Waals surface area contributed by atoms with Crippen LogP contribution in [0.5, 0.6) is 0 Å². The van der Waals surface area contributed by atoms with E-state index in [1.165, 1.54) is 6.07 Å². The van der Waals surface area contributed by atoms with Crippen molar-refractivity contribution in [3.05, 3.63) is 48.5 Å². The number of halogens is 4. The van der Waals surface area contributed by atoms with Gasteiger partial charge in [-0.1, -0.05) is 50.2 Å². The van der Waals surface area contributed by atoms with Gasteiger partial charge in [-0.25, -0.2) is 0 Å². The van der Waals surface area contributed by atoms with Crippen molar-refractivity contribution in [1.82, 2.24) is 0 Å². The second-order valence-electron chi connectivity index (χ2n) is 4.59. The molecule has 0 heterocycles. The SMILES string of the molecule is CC.FB(F)c1ccc2cc3ccccc3cc2c1B(F)F.[Ar].[Ar]. The molecule has 8 heteroatoms. The zero-order valence-electron chi connectivity index (χ0n) is 13.0. The average molecular weight is 384 g/mol. The van der Waals surface area contributed by atoms with Gasteiger partial charge in [0.05, 0.1) is 0 Å². The summed E-state index contributed by atoms with van der Waals surface area (Å²) in [6, 6.07) is 13.1. The molecule has 128 valence electrons. The predicted octanol–water partition coefficient (Wildman–Crippen LogP) is 4.29. The van der Waals surface area contributed by atoms with Crippen LogP contribution >= 0.6 is 0 Å². The summed E-state index contributed by atoms with van der Waals surface area (Å²) < 4.78 is 52.2. The van der Waals surface area contributed by atoms with Crippen molar-refractivity contribution in [2.24, 2.45) is 0 Å². The Kier molecular flexibility index (Phi) is 11.6. The van der Waals surface area contributed by atoms with Crippen LogP contribution in [0.2, 0.25) is 0 Å². The molecule has 0 N–H and O–H groups in total. The van der Waals surface area contributed by atoms with Gasteiger partial charge in [0.15, 0.2) is 0 Å². The summed E-state index contributed by atoms with van der Waals surface area (Å²) >= 11 is 0. The molecule has 0 amide bonds. The molecule has 0 aromatic heterocycles. The molecule has 0 fully saturated rings. The average Bonchev–Trinajstić information content (AvgIpc) is 2.53. The Morgan fingerprint density at radius 3 is 1.71 bits per heavy atom. The van der Waals surface area contributed by atoms with E-state index in [1.807, 2.05) is 26.0 Å². The first-order valence-corrected chi connectivity index (χ1v) is 7.09. The van der Waals surface area contributed by atoms with E-state index in [1.54, 1.807) is 24.3 Å². The van der Waals surface area contributed by atoms with E-state index in [-0.39, 0.29) is 80.9 Å². The normalized spacial score (nSPS) is 9.42. The van der Waals surface area contributed by atoms with Crippen molar-refractivity contribution in [2.75, 3.05) is 0 Å². The van der Waals surface area contributed by atoms with Gasteiger partial charge in [0, 0.05) is 75.5 Å². The molecule has 0 radical (unpaired) electrons. The molecular weight excluding hydrogens is 370 g/mol. The van der Waals surface area contributed by atoms with Crippen LogP contribution in [0.1, 0.15) is 13.8 Å². The van der Waals surface area contributed by atoms with E-state index in [4.69, 9.17) is 0 Å². The van der Waals surface area contributed by atoms with Crippen LogP contribution in [0.4, 0.5) is 17.3 Å². The summed E-state index contributed by atoms with van der Waals surface area (Å²) in [4.78, 5) is 0. The molecule has 0 unspecified atom stereocenters. The van der Waals surface area contributed by atoms with Crippen LogP contribution in [0.25, 0.3) is 21.5 Å². The Labute approximate surface area is 199 Å². The maximum atomic E-state index is 13.2. The minimum absolute atomic E-state index is 0. The second-order valence-corrected chi connectivity index (χ2v) is 4.59. The maximum Gasteiger partial charge on any atom is 0.572 e. The summed E-state index contributed by atoms with van der Waals surface area (Å²) in [6.45, 7) is 4.00. The van der Waals surface area contributed by atoms with E-state index >= 15 is 0 Å². The molecular formula is C16H14Ar2B2F4. The molecule has 0 aliphatic carbocycles. The summed E-state index contributed by atoms with van der Waals surface area (Å²) in [5.41, 5.74) is -1.16. The van der Waals surface area contributed by atoms with Gasteiger partial charge in [-0.15, -0.1) is 0 Å². The first kappa shape index (κ1) is 24.5. The number of hydrogen-bond acceptors (Lipinski definition) is 0. The molecule has 3 rings (SSSR count). The smallest absolute Gasteiger partial charge is 0.281 e. The minimum atomic E-state index is -2.93. The molecule has 24 heavy (non-hydrogen) atoms. The molecule has 3 aromatic rings. The van der Waals surface area contributed by atoms with Crippen LogP contribution in [0.15, 0.2) is 48.5 Å². The first-order valence-electron chi connectivity index (χ1n) is 7.09. The van der Waals surface area contributed by atoms with Gasteiger partial charge in [0.25, 0.3) is 0 Å². The van der Waals surface area contributed by atoms with Crippen molar-refractivity contribution in [2.45, 2.75) is 13.8 Å². The van der Waals surface area contributed by atoms with E-state index < -0.39 is 25.5 Å². The standard InChI is InChI=1S/C14H8B2F4.C2H6.2Ar/c17-15(18)13-6-5-11-7-9-3-1-2-4-10(9)8-12(11)14(13)16(19)20;1-2;;/h1-8H;1-2H3;;. The van der Waals surface area contributed by atoms with E-state index in [2.05, 4.69) is 0 Å². The number of hydrogen-bond donors (Lipinski definition) is 0. The summed E-state index contributed by atoms with van der Waals surface area (Å²) in [6.07, 6.45) is 0. The van der Waals surface area contributed by atoms with Gasteiger partial charge in [-0.3, -0.25) is 17.3 Å². The molecule has 0 aliphatic heterocycles. The molecule has 0 nitrogen and oxygen atoms in total. The maximum absolute atomic E-state index is 13.2. The number of fused-ring (bicyclic) bond motifs is 2. The molecule has 0 atom stereocenters. The van der Waals surface area contributed by atoms with Crippen LogP contribution < -0.4 is 10.9 Å². The summed E-state index contributed by atoms with van der Waals surface area (Å²) in [5.74, 6) is 0. The topological polar surface area (TPSA) is 0 Å². The molecule has 0 spiro atoms. The Bertz CT molecular complexity index is 797. The van der Waals surface area contributed by atoms with Crippen LogP contribution in [0.3, 0.4) is 0 Å². The van der Waals surface area contributed by atoms with Gasteiger partial charge in [0.2, 0.25) is 0 Å². The van der Waals surface area contributed by atoms with Crippen molar-refractivity contribution in [3.63, 3.8) is 0 Å². The fraction of sp³-hybridized carbons (Fsp3) is 0.125. The van der Waals surface area contributed by atoms with Crippen LogP contribution in [0, 0.1) is 75.5 Å². The quantitative estimate of drug-likeness (QED) is 0.352. The van der Waals surface area contributed by atoms with Crippen LogP contribution in [-0.4, -0.2) is 14.5 Å². The number of benzene rings is 3. The monoisotopic (exact) mass is 384 g/mol. The fourth-order valence-electron chi connectivity index (χ4n) is 2.49. The third kappa shape index (κ3) is 5.28. The van der Waals surface area contributed by atoms with E-state index in [9.17, 15) is 17.3 Å². The largest absolute Gasteiger partial charge is 0.572 e. The minimum Gasteiger partial charge on any atom is -0.281 e. The molecule has 0 saturated carbocycles. The van der Waals surface area contributed by atoms with Gasteiger partial charge in [-0.2, -0.15) is 0 Å². The summed E-state index contributed by atoms with van der Waals surface area (Å²) in [5, 5.41) is 2.39. The number of rotatable bonds is 2. The van der Waals surface area contributed by atoms with Crippen molar-refractivity contribution >= 4 is 47.0 Å². The fourth-order valence-corrected chi connectivity index (χ4v) is 2.49. The van der Waals surface area contributed by atoms with Crippen molar-refractivity contribution < 1.29 is 92.7 Å². The van der Waals surface area contributed by atoms with Gasteiger partial charge < -0.3 is 0 Å². The Hall–Kier alpha value is 0.549. The third-order valence-corrected chi connectivity index (χ3v) is 3.41. The predicted molar refractivity (Wildman–Crippen MR) is 88.0 cm³/mol. The second kappa shape index (κ2) is 11.3. The van der Waals surface area contributed by atoms with Gasteiger partial charge in [-0.05, 0) is 44.6 Å². The first-order chi connectivity index (χ1) is 10.6. The zero-order valence-corrected chi connectivity index (χ0v) is 14.4.